The molecule has 0 radical (unpaired) electrons. The molecule has 0 unspecified atom stereocenters. The van der Waals surface area contributed by atoms with Crippen LogP contribution < -0.4 is 0 Å². The summed E-state index contributed by atoms with van der Waals surface area (Å²) < 4.78 is 0. The summed E-state index contributed by atoms with van der Waals surface area (Å²) >= 11 is 0. The topological polar surface area (TPSA) is 33.1 Å². The van der Waals surface area contributed by atoms with E-state index >= 15 is 0 Å². The average molecular weight is 197 g/mol. The molecule has 2 heteroatoms. The van der Waals surface area contributed by atoms with Crippen LogP contribution in [-0.2, 0) is 0 Å². The maximum Gasteiger partial charge on any atom is 0.123 e. The zero-order chi connectivity index (χ0) is 10.7. The Labute approximate surface area is 88.5 Å². The van der Waals surface area contributed by atoms with E-state index in [9.17, 15) is 5.11 Å². The van der Waals surface area contributed by atoms with Crippen LogP contribution in [0.5, 0.6) is 5.75 Å². The lowest BCUT2D eigenvalue weighted by molar-refractivity contribution is 0.473. The Bertz CT molecular complexity index is 477. The SMILES string of the molecule is C=C(c1ccccn1)c1ccccc1O. The summed E-state index contributed by atoms with van der Waals surface area (Å²) in [5.74, 6) is 0.230. The molecule has 0 saturated heterocycles. The third kappa shape index (κ3) is 1.89. The molecule has 1 N–H and O–H groups in total. The Morgan fingerprint density at radius 3 is 2.47 bits per heavy atom. The van der Waals surface area contributed by atoms with Crippen molar-refractivity contribution in [3.05, 3.63) is 66.5 Å². The Kier molecular flexibility index (Phi) is 2.50. The highest BCUT2D eigenvalue weighted by Gasteiger charge is 2.06. The number of rotatable bonds is 2. The normalized spacial score (nSPS) is 9.87. The molecule has 1 aromatic heterocycles. The Morgan fingerprint density at radius 2 is 1.80 bits per heavy atom. The maximum atomic E-state index is 9.65. The summed E-state index contributed by atoms with van der Waals surface area (Å²) in [7, 11) is 0. The number of aromatic hydroxyl groups is 1. The Balaban J connectivity index is 2.42. The van der Waals surface area contributed by atoms with E-state index in [4.69, 9.17) is 0 Å². The first kappa shape index (κ1) is 9.46. The maximum absolute atomic E-state index is 9.65. The van der Waals surface area contributed by atoms with Gasteiger partial charge in [0.25, 0.3) is 0 Å². The van der Waals surface area contributed by atoms with Gasteiger partial charge in [-0.25, -0.2) is 0 Å². The fourth-order valence-electron chi connectivity index (χ4n) is 1.41. The molecule has 74 valence electrons. The molecule has 1 aromatic carbocycles. The minimum absolute atomic E-state index is 0.230. The molecule has 0 amide bonds. The quantitative estimate of drug-likeness (QED) is 0.803. The molecule has 0 saturated carbocycles. The summed E-state index contributed by atoms with van der Waals surface area (Å²) in [6, 6.07) is 12.7. The minimum Gasteiger partial charge on any atom is -0.507 e. The molecule has 0 spiro atoms. The van der Waals surface area contributed by atoms with Crippen molar-refractivity contribution in [1.82, 2.24) is 4.98 Å². The van der Waals surface area contributed by atoms with E-state index in [2.05, 4.69) is 11.6 Å². The van der Waals surface area contributed by atoms with Gasteiger partial charge in [-0.15, -0.1) is 0 Å². The van der Waals surface area contributed by atoms with E-state index in [1.807, 2.05) is 30.3 Å². The lowest BCUT2D eigenvalue weighted by Crippen LogP contribution is -1.89. The fraction of sp³-hybridized carbons (Fsp3) is 0. The summed E-state index contributed by atoms with van der Waals surface area (Å²) in [5.41, 5.74) is 2.23. The van der Waals surface area contributed by atoms with Gasteiger partial charge in [0.2, 0.25) is 0 Å². The third-order valence-electron chi connectivity index (χ3n) is 2.20. The molecule has 0 fully saturated rings. The first-order chi connectivity index (χ1) is 7.29. The van der Waals surface area contributed by atoms with Gasteiger partial charge >= 0.3 is 0 Å². The first-order valence-corrected chi connectivity index (χ1v) is 4.67. The standard InChI is InChI=1S/C13H11NO/c1-10(12-7-4-5-9-14-12)11-6-2-3-8-13(11)15/h2-9,15H,1H2. The number of nitrogens with zero attached hydrogens (tertiary/aromatic N) is 1. The number of hydrogen-bond acceptors (Lipinski definition) is 2. The van der Waals surface area contributed by atoms with Gasteiger partial charge in [0.05, 0.1) is 5.69 Å². The highest BCUT2D eigenvalue weighted by Crippen LogP contribution is 2.27. The summed E-state index contributed by atoms with van der Waals surface area (Å²) in [5, 5.41) is 9.65. The first-order valence-electron chi connectivity index (χ1n) is 4.67. The number of pyridine rings is 1. The molecular weight excluding hydrogens is 186 g/mol. The molecular formula is C13H11NO. The van der Waals surface area contributed by atoms with Crippen LogP contribution in [0.25, 0.3) is 5.57 Å². The predicted molar refractivity (Wildman–Crippen MR) is 60.5 cm³/mol. The molecule has 0 atom stereocenters. The van der Waals surface area contributed by atoms with Gasteiger partial charge in [0.15, 0.2) is 0 Å². The van der Waals surface area contributed by atoms with E-state index in [-0.39, 0.29) is 5.75 Å². The van der Waals surface area contributed by atoms with Crippen molar-refractivity contribution < 1.29 is 5.11 Å². The summed E-state index contributed by atoms with van der Waals surface area (Å²) in [6.07, 6.45) is 1.71. The van der Waals surface area contributed by atoms with Crippen LogP contribution >= 0.6 is 0 Å². The van der Waals surface area contributed by atoms with Crippen LogP contribution in [0.15, 0.2) is 55.2 Å². The predicted octanol–water partition coefficient (Wildman–Crippen LogP) is 2.85. The van der Waals surface area contributed by atoms with Gasteiger partial charge in [-0.2, -0.15) is 0 Å². The Hall–Kier alpha value is -2.09. The van der Waals surface area contributed by atoms with Crippen molar-refractivity contribution in [2.24, 2.45) is 0 Å². The molecule has 0 aliphatic carbocycles. The third-order valence-corrected chi connectivity index (χ3v) is 2.20. The van der Waals surface area contributed by atoms with Gasteiger partial charge < -0.3 is 5.11 Å². The number of phenols is 1. The van der Waals surface area contributed by atoms with E-state index in [1.54, 1.807) is 18.3 Å². The monoisotopic (exact) mass is 197 g/mol. The van der Waals surface area contributed by atoms with Crippen LogP contribution in [0.2, 0.25) is 0 Å². The minimum atomic E-state index is 0.230. The van der Waals surface area contributed by atoms with Crippen LogP contribution in [0.1, 0.15) is 11.3 Å². The summed E-state index contributed by atoms with van der Waals surface area (Å²) in [4.78, 5) is 4.19. The van der Waals surface area contributed by atoms with Gasteiger partial charge in [0, 0.05) is 17.3 Å². The van der Waals surface area contributed by atoms with E-state index in [1.165, 1.54) is 0 Å². The summed E-state index contributed by atoms with van der Waals surface area (Å²) in [6.45, 7) is 3.93. The molecule has 15 heavy (non-hydrogen) atoms. The lowest BCUT2D eigenvalue weighted by atomic mass is 10.0. The molecule has 2 nitrogen and oxygen atoms in total. The molecule has 1 heterocycles. The van der Waals surface area contributed by atoms with E-state index in [0.29, 0.717) is 0 Å². The van der Waals surface area contributed by atoms with Crippen LogP contribution in [0.3, 0.4) is 0 Å². The molecule has 2 aromatic rings. The van der Waals surface area contributed by atoms with Crippen molar-refractivity contribution in [2.45, 2.75) is 0 Å². The molecule has 0 aliphatic heterocycles. The van der Waals surface area contributed by atoms with E-state index in [0.717, 1.165) is 16.8 Å². The number of benzene rings is 1. The fourth-order valence-corrected chi connectivity index (χ4v) is 1.41. The second kappa shape index (κ2) is 3.96. The highest BCUT2D eigenvalue weighted by molar-refractivity contribution is 5.79. The van der Waals surface area contributed by atoms with E-state index < -0.39 is 0 Å². The van der Waals surface area contributed by atoms with Crippen LogP contribution in [0.4, 0.5) is 0 Å². The second-order valence-electron chi connectivity index (χ2n) is 3.21. The molecule has 0 aliphatic rings. The number of para-hydroxylation sites is 1. The Morgan fingerprint density at radius 1 is 1.07 bits per heavy atom. The van der Waals surface area contributed by atoms with Crippen molar-refractivity contribution in [1.29, 1.82) is 0 Å². The number of aromatic nitrogens is 1. The van der Waals surface area contributed by atoms with Crippen LogP contribution in [-0.4, -0.2) is 10.1 Å². The van der Waals surface area contributed by atoms with Crippen LogP contribution in [0, 0.1) is 0 Å². The van der Waals surface area contributed by atoms with Gasteiger partial charge in [-0.1, -0.05) is 30.8 Å². The van der Waals surface area contributed by atoms with Crippen molar-refractivity contribution >= 4 is 5.57 Å². The van der Waals surface area contributed by atoms with Gasteiger partial charge in [0.1, 0.15) is 5.75 Å². The van der Waals surface area contributed by atoms with Crippen molar-refractivity contribution in [3.8, 4) is 5.75 Å². The van der Waals surface area contributed by atoms with Gasteiger partial charge in [-0.05, 0) is 18.2 Å². The highest BCUT2D eigenvalue weighted by atomic mass is 16.3. The van der Waals surface area contributed by atoms with Crippen molar-refractivity contribution in [2.75, 3.05) is 0 Å². The lowest BCUT2D eigenvalue weighted by Gasteiger charge is -2.06. The molecule has 0 bridgehead atoms. The zero-order valence-electron chi connectivity index (χ0n) is 8.22. The van der Waals surface area contributed by atoms with Crippen molar-refractivity contribution in [3.63, 3.8) is 0 Å². The zero-order valence-corrected chi connectivity index (χ0v) is 8.22. The average Bonchev–Trinajstić information content (AvgIpc) is 2.30. The smallest absolute Gasteiger partial charge is 0.123 e. The molecule has 2 rings (SSSR count). The number of phenolic OH excluding ortho intramolecular Hbond substituents is 1. The number of hydrogen-bond donors (Lipinski definition) is 1. The van der Waals surface area contributed by atoms with Gasteiger partial charge in [-0.3, -0.25) is 4.98 Å². The second-order valence-corrected chi connectivity index (χ2v) is 3.21. The largest absolute Gasteiger partial charge is 0.507 e.